The van der Waals surface area contributed by atoms with Crippen LogP contribution in [0, 0.1) is 11.8 Å². The fourth-order valence-corrected chi connectivity index (χ4v) is 3.53. The topological polar surface area (TPSA) is 9.23 Å². The Labute approximate surface area is 145 Å². The summed E-state index contributed by atoms with van der Waals surface area (Å²) in [5.74, 6) is 4.15. The lowest BCUT2D eigenvalue weighted by atomic mass is 9.29. The summed E-state index contributed by atoms with van der Waals surface area (Å²) in [6.07, 6.45) is 5.13. The molecule has 1 rings (SSSR count). The zero-order valence-electron chi connectivity index (χ0n) is 16.4. The highest BCUT2D eigenvalue weighted by atomic mass is 16.5. The van der Waals surface area contributed by atoms with E-state index in [0.29, 0.717) is 0 Å². The van der Waals surface area contributed by atoms with Crippen LogP contribution in [0.5, 0.6) is 5.75 Å². The molecule has 0 fully saturated rings. The van der Waals surface area contributed by atoms with Gasteiger partial charge >= 0.3 is 0 Å². The van der Waals surface area contributed by atoms with E-state index in [9.17, 15) is 0 Å². The van der Waals surface area contributed by atoms with Crippen molar-refractivity contribution in [2.45, 2.75) is 78.8 Å². The summed E-state index contributed by atoms with van der Waals surface area (Å²) in [5, 5.41) is 0. The molecule has 130 valence electrons. The van der Waals surface area contributed by atoms with Crippen molar-refractivity contribution in [1.29, 1.82) is 0 Å². The van der Waals surface area contributed by atoms with Crippen LogP contribution in [-0.4, -0.2) is 13.8 Å². The van der Waals surface area contributed by atoms with Gasteiger partial charge in [-0.1, -0.05) is 89.9 Å². The molecular formula is C21H37BO. The van der Waals surface area contributed by atoms with Crippen molar-refractivity contribution >= 4 is 6.71 Å². The number of unbranched alkanes of at least 4 members (excludes halogenated alkanes) is 1. The highest BCUT2D eigenvalue weighted by molar-refractivity contribution is 6.62. The summed E-state index contributed by atoms with van der Waals surface area (Å²) in [4.78, 5) is 0. The molecule has 0 saturated heterocycles. The van der Waals surface area contributed by atoms with Crippen LogP contribution in [0.25, 0.3) is 0 Å². The van der Waals surface area contributed by atoms with Crippen LogP contribution in [0.15, 0.2) is 24.3 Å². The van der Waals surface area contributed by atoms with Gasteiger partial charge in [0.05, 0.1) is 7.11 Å². The van der Waals surface area contributed by atoms with Crippen molar-refractivity contribution in [3.05, 3.63) is 29.8 Å². The molecule has 1 aromatic carbocycles. The van der Waals surface area contributed by atoms with Gasteiger partial charge in [0.15, 0.2) is 0 Å². The van der Waals surface area contributed by atoms with Crippen LogP contribution in [0.4, 0.5) is 0 Å². The van der Waals surface area contributed by atoms with Gasteiger partial charge in [-0.05, 0) is 30.5 Å². The first-order valence-corrected chi connectivity index (χ1v) is 9.49. The molecule has 2 unspecified atom stereocenters. The number of aryl methyl sites for hydroxylation is 1. The molecule has 0 aliphatic carbocycles. The molecule has 2 heteroatoms. The highest BCUT2D eigenvalue weighted by Crippen LogP contribution is 2.35. The van der Waals surface area contributed by atoms with Gasteiger partial charge in [0.1, 0.15) is 12.5 Å². The maximum Gasteiger partial charge on any atom is 0.146 e. The first-order chi connectivity index (χ1) is 10.9. The van der Waals surface area contributed by atoms with Crippen LogP contribution < -0.4 is 4.74 Å². The molecule has 23 heavy (non-hydrogen) atoms. The van der Waals surface area contributed by atoms with Gasteiger partial charge in [-0.2, -0.15) is 0 Å². The van der Waals surface area contributed by atoms with Gasteiger partial charge in [-0.3, -0.25) is 0 Å². The smallest absolute Gasteiger partial charge is 0.146 e. The summed E-state index contributed by atoms with van der Waals surface area (Å²) in [6, 6.07) is 8.51. The SMILES string of the molecule is COc1cccc(CCCCB(C(C)C(C)C)C(C)C(C)C)c1. The van der Waals surface area contributed by atoms with Crippen LogP contribution in [-0.2, 0) is 6.42 Å². The molecule has 0 amide bonds. The van der Waals surface area contributed by atoms with Gasteiger partial charge in [0.2, 0.25) is 0 Å². The number of methoxy groups -OCH3 is 1. The Balaban J connectivity index is 2.51. The minimum atomic E-state index is 0.777. The predicted octanol–water partition coefficient (Wildman–Crippen LogP) is 6.60. The number of hydrogen-bond donors (Lipinski definition) is 0. The minimum Gasteiger partial charge on any atom is -0.497 e. The third-order valence-corrected chi connectivity index (χ3v) is 5.84. The summed E-state index contributed by atoms with van der Waals surface area (Å²) in [5.41, 5.74) is 1.40. The van der Waals surface area contributed by atoms with E-state index >= 15 is 0 Å². The van der Waals surface area contributed by atoms with Crippen molar-refractivity contribution in [3.8, 4) is 5.75 Å². The van der Waals surface area contributed by atoms with Gasteiger partial charge in [-0.25, -0.2) is 0 Å². The summed E-state index contributed by atoms with van der Waals surface area (Å²) >= 11 is 0. The molecule has 1 aromatic rings. The largest absolute Gasteiger partial charge is 0.497 e. The quantitative estimate of drug-likeness (QED) is 0.349. The molecule has 0 spiro atoms. The molecule has 2 atom stereocenters. The maximum atomic E-state index is 5.31. The van der Waals surface area contributed by atoms with E-state index in [0.717, 1.165) is 42.4 Å². The van der Waals surface area contributed by atoms with Crippen molar-refractivity contribution in [2.24, 2.45) is 11.8 Å². The van der Waals surface area contributed by atoms with E-state index in [1.165, 1.54) is 24.7 Å². The summed E-state index contributed by atoms with van der Waals surface area (Å²) < 4.78 is 5.31. The first kappa shape index (κ1) is 20.1. The third kappa shape index (κ3) is 6.61. The number of benzene rings is 1. The van der Waals surface area contributed by atoms with E-state index in [1.807, 2.05) is 6.07 Å². The molecule has 0 bridgehead atoms. The maximum absolute atomic E-state index is 5.31. The Morgan fingerprint density at radius 2 is 1.52 bits per heavy atom. The Morgan fingerprint density at radius 1 is 0.913 bits per heavy atom. The summed E-state index contributed by atoms with van der Waals surface area (Å²) in [7, 11) is 1.74. The standard InChI is InChI=1S/C21H37BO/c1-16(2)18(5)22(19(6)17(3)4)14-9-8-11-20-12-10-13-21(15-20)23-7/h10,12-13,15-19H,8-9,11,14H2,1-7H3. The normalized spacial score (nSPS) is 14.1. The van der Waals surface area contributed by atoms with E-state index in [4.69, 9.17) is 4.74 Å². The third-order valence-electron chi connectivity index (χ3n) is 5.84. The second kappa shape index (κ2) is 10.1. The number of ether oxygens (including phenoxy) is 1. The first-order valence-electron chi connectivity index (χ1n) is 9.49. The number of rotatable bonds is 10. The molecular weight excluding hydrogens is 279 g/mol. The van der Waals surface area contributed by atoms with Crippen molar-refractivity contribution < 1.29 is 4.74 Å². The molecule has 0 aromatic heterocycles. The van der Waals surface area contributed by atoms with Gasteiger partial charge in [0.25, 0.3) is 0 Å². The van der Waals surface area contributed by atoms with Gasteiger partial charge < -0.3 is 4.74 Å². The minimum absolute atomic E-state index is 0.777. The molecule has 0 heterocycles. The fourth-order valence-electron chi connectivity index (χ4n) is 3.53. The Kier molecular flexibility index (Phi) is 8.80. The van der Waals surface area contributed by atoms with Crippen LogP contribution >= 0.6 is 0 Å². The molecule has 0 N–H and O–H groups in total. The fraction of sp³-hybridized carbons (Fsp3) is 0.714. The Morgan fingerprint density at radius 3 is 2.04 bits per heavy atom. The Bertz CT molecular complexity index is 427. The molecule has 0 saturated carbocycles. The Hall–Kier alpha value is -0.915. The lowest BCUT2D eigenvalue weighted by Crippen LogP contribution is -2.29. The van der Waals surface area contributed by atoms with Crippen LogP contribution in [0.1, 0.15) is 59.9 Å². The molecule has 0 radical (unpaired) electrons. The van der Waals surface area contributed by atoms with Crippen LogP contribution in [0.2, 0.25) is 18.0 Å². The van der Waals surface area contributed by atoms with Crippen LogP contribution in [0.3, 0.4) is 0 Å². The zero-order valence-corrected chi connectivity index (χ0v) is 16.4. The summed E-state index contributed by atoms with van der Waals surface area (Å²) in [6.45, 7) is 15.3. The second-order valence-corrected chi connectivity index (χ2v) is 7.97. The zero-order chi connectivity index (χ0) is 17.4. The van der Waals surface area contributed by atoms with Crippen molar-refractivity contribution in [3.63, 3.8) is 0 Å². The number of hydrogen-bond acceptors (Lipinski definition) is 1. The average molecular weight is 316 g/mol. The van der Waals surface area contributed by atoms with E-state index in [2.05, 4.69) is 59.7 Å². The van der Waals surface area contributed by atoms with Gasteiger partial charge in [-0.15, -0.1) is 0 Å². The van der Waals surface area contributed by atoms with Crippen molar-refractivity contribution in [1.82, 2.24) is 0 Å². The molecule has 0 aliphatic rings. The molecule has 1 nitrogen and oxygen atoms in total. The average Bonchev–Trinajstić information content (AvgIpc) is 2.53. The van der Waals surface area contributed by atoms with E-state index in [-0.39, 0.29) is 0 Å². The monoisotopic (exact) mass is 316 g/mol. The predicted molar refractivity (Wildman–Crippen MR) is 105 cm³/mol. The van der Waals surface area contributed by atoms with E-state index < -0.39 is 0 Å². The lowest BCUT2D eigenvalue weighted by molar-refractivity contribution is 0.414. The second-order valence-electron chi connectivity index (χ2n) is 7.97. The van der Waals surface area contributed by atoms with Gasteiger partial charge in [0, 0.05) is 0 Å². The van der Waals surface area contributed by atoms with Crippen molar-refractivity contribution in [2.75, 3.05) is 7.11 Å². The molecule has 0 aliphatic heterocycles. The lowest BCUT2D eigenvalue weighted by Gasteiger charge is -2.31. The highest BCUT2D eigenvalue weighted by Gasteiger charge is 2.30. The van der Waals surface area contributed by atoms with E-state index in [1.54, 1.807) is 7.11 Å².